The smallest absolute Gasteiger partial charge is 0.270 e. The van der Waals surface area contributed by atoms with Gasteiger partial charge in [0.15, 0.2) is 0 Å². The van der Waals surface area contributed by atoms with Gasteiger partial charge in [0.1, 0.15) is 10.7 Å². The fraction of sp³-hybridized carbons (Fsp3) is 0.500. The number of pyridine rings is 1. The van der Waals surface area contributed by atoms with E-state index in [1.54, 1.807) is 23.5 Å². The molecule has 1 saturated heterocycles. The van der Waals surface area contributed by atoms with E-state index in [0.717, 1.165) is 37.5 Å². The van der Waals surface area contributed by atoms with Gasteiger partial charge >= 0.3 is 0 Å². The van der Waals surface area contributed by atoms with E-state index < -0.39 is 0 Å². The van der Waals surface area contributed by atoms with Crippen LogP contribution >= 0.6 is 11.3 Å². The normalized spacial score (nSPS) is 21.7. The van der Waals surface area contributed by atoms with Crippen molar-refractivity contribution in [1.82, 2.24) is 19.8 Å². The molecule has 1 saturated carbocycles. The Morgan fingerprint density at radius 1 is 1.44 bits per heavy atom. The van der Waals surface area contributed by atoms with Crippen molar-refractivity contribution < 1.29 is 4.79 Å². The molecule has 1 atom stereocenters. The first-order chi connectivity index (χ1) is 12.1. The van der Waals surface area contributed by atoms with E-state index in [9.17, 15) is 9.59 Å². The molecule has 7 heteroatoms. The molecule has 4 rings (SSSR count). The van der Waals surface area contributed by atoms with Crippen LogP contribution in [0.15, 0.2) is 34.6 Å². The average molecular weight is 358 g/mol. The Balaban J connectivity index is 1.34. The highest BCUT2D eigenvalue weighted by atomic mass is 32.1. The molecule has 0 bridgehead atoms. The van der Waals surface area contributed by atoms with Crippen molar-refractivity contribution in [2.24, 2.45) is 5.41 Å². The van der Waals surface area contributed by atoms with Gasteiger partial charge in [-0.2, -0.15) is 0 Å². The molecule has 1 N–H and O–H groups in total. The molecule has 0 aromatic carbocycles. The maximum Gasteiger partial charge on any atom is 0.270 e. The third kappa shape index (κ3) is 3.26. The predicted molar refractivity (Wildman–Crippen MR) is 96.6 cm³/mol. The summed E-state index contributed by atoms with van der Waals surface area (Å²) in [4.78, 5) is 35.2. The summed E-state index contributed by atoms with van der Waals surface area (Å²) in [5.74, 6) is -0.0686. The Morgan fingerprint density at radius 3 is 2.92 bits per heavy atom. The maximum absolute atomic E-state index is 12.5. The molecular weight excluding hydrogens is 336 g/mol. The Labute approximate surface area is 150 Å². The van der Waals surface area contributed by atoms with E-state index in [0.29, 0.717) is 17.2 Å². The summed E-state index contributed by atoms with van der Waals surface area (Å²) in [6, 6.07) is 5.32. The summed E-state index contributed by atoms with van der Waals surface area (Å²) in [6.07, 6.45) is 5.12. The number of hydrogen-bond acceptors (Lipinski definition) is 5. The van der Waals surface area contributed by atoms with E-state index in [1.165, 1.54) is 12.5 Å². The standard InChI is InChI=1S/C18H22N4O2S/c1-21(12-16-19-7-10-25-16)14-11-18(14)5-8-22(9-6-18)17(24)13-3-2-4-15(23)20-13/h2-4,7,10,14H,5-6,8-9,11-12H2,1H3,(H,20,23). The van der Waals surface area contributed by atoms with Gasteiger partial charge in [-0.25, -0.2) is 4.98 Å². The number of piperidine rings is 1. The molecule has 1 aliphatic heterocycles. The Kier molecular flexibility index (Phi) is 4.21. The van der Waals surface area contributed by atoms with Gasteiger partial charge in [0.2, 0.25) is 5.56 Å². The molecule has 1 spiro atoms. The van der Waals surface area contributed by atoms with E-state index in [1.807, 2.05) is 16.5 Å². The molecule has 2 aliphatic rings. The first-order valence-electron chi connectivity index (χ1n) is 8.65. The van der Waals surface area contributed by atoms with Crippen LogP contribution in [0, 0.1) is 5.41 Å². The highest BCUT2D eigenvalue weighted by Gasteiger charge is 2.56. The Hall–Kier alpha value is -1.99. The molecule has 1 unspecified atom stereocenters. The molecule has 2 fully saturated rings. The van der Waals surface area contributed by atoms with E-state index in [-0.39, 0.29) is 11.5 Å². The number of aromatic nitrogens is 2. The van der Waals surface area contributed by atoms with Crippen LogP contribution in [0.5, 0.6) is 0 Å². The lowest BCUT2D eigenvalue weighted by Gasteiger charge is -2.34. The zero-order valence-electron chi connectivity index (χ0n) is 14.3. The summed E-state index contributed by atoms with van der Waals surface area (Å²) in [5, 5.41) is 3.18. The lowest BCUT2D eigenvalue weighted by atomic mass is 9.92. The number of amides is 1. The van der Waals surface area contributed by atoms with Crippen LogP contribution < -0.4 is 5.56 Å². The van der Waals surface area contributed by atoms with E-state index in [2.05, 4.69) is 21.9 Å². The van der Waals surface area contributed by atoms with Crippen molar-refractivity contribution >= 4 is 17.2 Å². The zero-order valence-corrected chi connectivity index (χ0v) is 15.1. The molecule has 6 nitrogen and oxygen atoms in total. The molecule has 0 radical (unpaired) electrons. The van der Waals surface area contributed by atoms with Crippen molar-refractivity contribution in [3.05, 3.63) is 50.8 Å². The fourth-order valence-electron chi connectivity index (χ4n) is 4.04. The number of carbonyl (C=O) groups is 1. The van der Waals surface area contributed by atoms with Gasteiger partial charge in [-0.1, -0.05) is 6.07 Å². The second kappa shape index (κ2) is 6.38. The van der Waals surface area contributed by atoms with Gasteiger partial charge in [0.25, 0.3) is 5.91 Å². The molecule has 2 aromatic heterocycles. The number of nitrogens with zero attached hydrogens (tertiary/aromatic N) is 3. The van der Waals surface area contributed by atoms with E-state index >= 15 is 0 Å². The summed E-state index contributed by atoms with van der Waals surface area (Å²) in [7, 11) is 2.17. The quantitative estimate of drug-likeness (QED) is 0.907. The van der Waals surface area contributed by atoms with Crippen LogP contribution in [0.4, 0.5) is 0 Å². The number of thiazole rings is 1. The third-order valence-corrected chi connectivity index (χ3v) is 6.36. The highest BCUT2D eigenvalue weighted by molar-refractivity contribution is 7.09. The predicted octanol–water partition coefficient (Wildman–Crippen LogP) is 1.96. The number of hydrogen-bond donors (Lipinski definition) is 1. The van der Waals surface area contributed by atoms with E-state index in [4.69, 9.17) is 0 Å². The van der Waals surface area contributed by atoms with Crippen molar-refractivity contribution in [1.29, 1.82) is 0 Å². The number of nitrogens with one attached hydrogen (secondary N) is 1. The molecule has 1 aliphatic carbocycles. The van der Waals surface area contributed by atoms with Gasteiger partial charge in [-0.15, -0.1) is 11.3 Å². The molecule has 1 amide bonds. The summed E-state index contributed by atoms with van der Waals surface area (Å²) < 4.78 is 0. The van der Waals surface area contributed by atoms with Crippen molar-refractivity contribution in [2.75, 3.05) is 20.1 Å². The van der Waals surface area contributed by atoms with Crippen molar-refractivity contribution in [3.8, 4) is 0 Å². The average Bonchev–Trinajstić information content (AvgIpc) is 3.06. The summed E-state index contributed by atoms with van der Waals surface area (Å²) in [6.45, 7) is 2.42. The van der Waals surface area contributed by atoms with Gasteiger partial charge < -0.3 is 9.88 Å². The van der Waals surface area contributed by atoms with Crippen LogP contribution in [-0.4, -0.2) is 51.9 Å². The second-order valence-corrected chi connectivity index (χ2v) is 8.12. The minimum absolute atomic E-state index is 0.0686. The van der Waals surface area contributed by atoms with Crippen LogP contribution in [0.2, 0.25) is 0 Å². The number of rotatable bonds is 4. The summed E-state index contributed by atoms with van der Waals surface area (Å²) in [5.41, 5.74) is 0.509. The van der Waals surface area contributed by atoms with Crippen LogP contribution in [0.3, 0.4) is 0 Å². The second-order valence-electron chi connectivity index (χ2n) is 7.14. The highest BCUT2D eigenvalue weighted by Crippen LogP contribution is 2.56. The SMILES string of the molecule is CN(Cc1nccs1)C1CC12CCN(C(=O)c1cccc(=O)[nH]1)CC2. The first-order valence-corrected chi connectivity index (χ1v) is 9.53. The number of likely N-dealkylation sites (tertiary alicyclic amines) is 1. The van der Waals surface area contributed by atoms with Crippen LogP contribution in [0.1, 0.15) is 34.8 Å². The minimum atomic E-state index is -0.231. The first kappa shape index (κ1) is 16.5. The number of carbonyl (C=O) groups excluding carboxylic acids is 1. The zero-order chi connectivity index (χ0) is 17.4. The number of H-pyrrole nitrogens is 1. The fourth-order valence-corrected chi connectivity index (χ4v) is 4.72. The van der Waals surface area contributed by atoms with Gasteiger partial charge in [0, 0.05) is 36.8 Å². The van der Waals surface area contributed by atoms with Gasteiger partial charge in [0.05, 0.1) is 6.54 Å². The lowest BCUT2D eigenvalue weighted by molar-refractivity contribution is 0.0651. The van der Waals surface area contributed by atoms with Gasteiger partial charge in [-0.05, 0) is 37.8 Å². The molecule has 25 heavy (non-hydrogen) atoms. The monoisotopic (exact) mass is 358 g/mol. The molecular formula is C18H22N4O2S. The molecule has 2 aromatic rings. The van der Waals surface area contributed by atoms with Crippen molar-refractivity contribution in [3.63, 3.8) is 0 Å². The number of aromatic amines is 1. The van der Waals surface area contributed by atoms with Gasteiger partial charge in [-0.3, -0.25) is 14.5 Å². The third-order valence-electron chi connectivity index (χ3n) is 5.59. The van der Waals surface area contributed by atoms with Crippen LogP contribution in [-0.2, 0) is 6.54 Å². The minimum Gasteiger partial charge on any atom is -0.337 e. The Morgan fingerprint density at radius 2 is 2.24 bits per heavy atom. The molecule has 132 valence electrons. The molecule has 3 heterocycles. The summed E-state index contributed by atoms with van der Waals surface area (Å²) >= 11 is 1.70. The van der Waals surface area contributed by atoms with Crippen molar-refractivity contribution in [2.45, 2.75) is 31.8 Å². The lowest BCUT2D eigenvalue weighted by Crippen LogP contribution is -2.41. The van der Waals surface area contributed by atoms with Crippen LogP contribution in [0.25, 0.3) is 0 Å². The Bertz CT molecular complexity index is 808. The maximum atomic E-state index is 12.5. The topological polar surface area (TPSA) is 69.3 Å². The largest absolute Gasteiger partial charge is 0.337 e.